The zero-order valence-electron chi connectivity index (χ0n) is 16.2. The van der Waals surface area contributed by atoms with Gasteiger partial charge in [0.25, 0.3) is 5.69 Å². The van der Waals surface area contributed by atoms with E-state index in [2.05, 4.69) is 11.1 Å². The lowest BCUT2D eigenvalue weighted by Crippen LogP contribution is -1.92. The van der Waals surface area contributed by atoms with E-state index in [0.717, 1.165) is 16.8 Å². The van der Waals surface area contributed by atoms with Gasteiger partial charge in [-0.3, -0.25) is 10.1 Å². The van der Waals surface area contributed by atoms with E-state index in [9.17, 15) is 15.4 Å². The molecule has 0 amide bonds. The fourth-order valence-electron chi connectivity index (χ4n) is 3.01. The Morgan fingerprint density at radius 3 is 2.71 bits per heavy atom. The second-order valence-corrected chi connectivity index (χ2v) is 7.99. The van der Waals surface area contributed by atoms with Crippen molar-refractivity contribution < 1.29 is 9.34 Å². The van der Waals surface area contributed by atoms with E-state index in [-0.39, 0.29) is 5.69 Å². The Labute approximate surface area is 186 Å². The number of aryl methyl sites for hydroxylation is 1. The molecule has 0 saturated heterocycles. The van der Waals surface area contributed by atoms with Gasteiger partial charge in [-0.1, -0.05) is 29.8 Å². The van der Waals surface area contributed by atoms with Crippen molar-refractivity contribution in [3.63, 3.8) is 0 Å². The fourth-order valence-corrected chi connectivity index (χ4v) is 3.93. The zero-order valence-corrected chi connectivity index (χ0v) is 17.8. The first-order chi connectivity index (χ1) is 14.9. The summed E-state index contributed by atoms with van der Waals surface area (Å²) < 4.78 is 5.79. The largest absolute Gasteiger partial charge is 0.456 e. The molecule has 0 aliphatic carbocycles. The Morgan fingerprint density at radius 2 is 2.00 bits per heavy atom. The van der Waals surface area contributed by atoms with Crippen LogP contribution >= 0.6 is 22.9 Å². The third kappa shape index (κ3) is 4.40. The molecule has 0 aliphatic rings. The highest BCUT2D eigenvalue weighted by Gasteiger charge is 2.18. The molecule has 0 saturated carbocycles. The van der Waals surface area contributed by atoms with E-state index in [1.54, 1.807) is 49.4 Å². The highest BCUT2D eigenvalue weighted by atomic mass is 35.5. The van der Waals surface area contributed by atoms with Crippen molar-refractivity contribution in [3.05, 3.63) is 91.4 Å². The van der Waals surface area contributed by atoms with Crippen molar-refractivity contribution >= 4 is 40.3 Å². The van der Waals surface area contributed by atoms with Crippen LogP contribution in [0.1, 0.15) is 16.3 Å². The summed E-state index contributed by atoms with van der Waals surface area (Å²) in [4.78, 5) is 15.5. The number of thiazole rings is 1. The Hall–Kier alpha value is -3.73. The van der Waals surface area contributed by atoms with Crippen LogP contribution in [-0.2, 0) is 0 Å². The number of furan rings is 1. The lowest BCUT2D eigenvalue weighted by molar-refractivity contribution is -0.384. The van der Waals surface area contributed by atoms with Gasteiger partial charge in [0, 0.05) is 28.1 Å². The number of nitro benzene ring substituents is 1. The minimum absolute atomic E-state index is 0.0297. The van der Waals surface area contributed by atoms with Gasteiger partial charge in [-0.05, 0) is 42.8 Å². The molecule has 0 radical (unpaired) electrons. The SMILES string of the molecule is Cc1ccc(-c2ccc(/C=C(\C#N)c3nc(-c4ccc(Cl)cc4)cs3)o2)c([N+](=O)[O-])c1. The molecule has 0 atom stereocenters. The summed E-state index contributed by atoms with van der Waals surface area (Å²) in [5, 5.41) is 24.1. The third-order valence-corrected chi connectivity index (χ3v) is 5.65. The topological polar surface area (TPSA) is 93.0 Å². The van der Waals surface area contributed by atoms with Gasteiger partial charge >= 0.3 is 0 Å². The molecule has 0 unspecified atom stereocenters. The Kier molecular flexibility index (Phi) is 5.67. The van der Waals surface area contributed by atoms with Gasteiger partial charge in [0.1, 0.15) is 22.6 Å². The van der Waals surface area contributed by atoms with Crippen LogP contribution in [0.25, 0.3) is 34.2 Å². The first-order valence-electron chi connectivity index (χ1n) is 9.13. The third-order valence-electron chi connectivity index (χ3n) is 4.52. The van der Waals surface area contributed by atoms with Crippen LogP contribution in [-0.4, -0.2) is 9.91 Å². The molecule has 0 fully saturated rings. The van der Waals surface area contributed by atoms with E-state index in [0.29, 0.717) is 32.7 Å². The van der Waals surface area contributed by atoms with Crippen LogP contribution in [0.15, 0.2) is 64.4 Å². The average molecular weight is 448 g/mol. The number of nitro groups is 1. The molecule has 4 aromatic rings. The van der Waals surface area contributed by atoms with Crippen molar-refractivity contribution in [2.45, 2.75) is 6.92 Å². The molecule has 0 aliphatic heterocycles. The lowest BCUT2D eigenvalue weighted by atomic mass is 10.1. The first kappa shape index (κ1) is 20.5. The second kappa shape index (κ2) is 8.56. The normalized spacial score (nSPS) is 11.3. The van der Waals surface area contributed by atoms with E-state index in [1.807, 2.05) is 17.5 Å². The maximum absolute atomic E-state index is 11.4. The number of benzene rings is 2. The Morgan fingerprint density at radius 1 is 1.23 bits per heavy atom. The molecular weight excluding hydrogens is 434 g/mol. The van der Waals surface area contributed by atoms with E-state index in [4.69, 9.17) is 16.0 Å². The van der Waals surface area contributed by atoms with Crippen LogP contribution < -0.4 is 0 Å². The summed E-state index contributed by atoms with van der Waals surface area (Å²) in [5.41, 5.74) is 3.12. The quantitative estimate of drug-likeness (QED) is 0.186. The van der Waals surface area contributed by atoms with Gasteiger partial charge in [0.15, 0.2) is 0 Å². The number of allylic oxidation sites excluding steroid dienone is 1. The fraction of sp³-hybridized carbons (Fsp3) is 0.0435. The summed E-state index contributed by atoms with van der Waals surface area (Å²) >= 11 is 7.28. The van der Waals surface area contributed by atoms with Crippen LogP contribution in [0.4, 0.5) is 5.69 Å². The number of hydrogen-bond acceptors (Lipinski definition) is 6. The van der Waals surface area contributed by atoms with Crippen molar-refractivity contribution in [3.8, 4) is 28.7 Å². The summed E-state index contributed by atoms with van der Waals surface area (Å²) in [5.74, 6) is 0.765. The highest BCUT2D eigenvalue weighted by molar-refractivity contribution is 7.11. The molecule has 2 heterocycles. The Balaban J connectivity index is 1.65. The molecule has 0 N–H and O–H groups in total. The van der Waals surface area contributed by atoms with Crippen LogP contribution in [0.3, 0.4) is 0 Å². The highest BCUT2D eigenvalue weighted by Crippen LogP contribution is 2.33. The smallest absolute Gasteiger partial charge is 0.280 e. The minimum atomic E-state index is -0.436. The van der Waals surface area contributed by atoms with Gasteiger partial charge in [-0.15, -0.1) is 11.3 Å². The number of rotatable bonds is 5. The predicted octanol–water partition coefficient (Wildman–Crippen LogP) is 7.00. The number of nitrogens with zero attached hydrogens (tertiary/aromatic N) is 3. The average Bonchev–Trinajstić information content (AvgIpc) is 3.42. The van der Waals surface area contributed by atoms with E-state index >= 15 is 0 Å². The summed E-state index contributed by atoms with van der Waals surface area (Å²) in [6.45, 7) is 1.79. The molecule has 4 rings (SSSR count). The monoisotopic (exact) mass is 447 g/mol. The van der Waals surface area contributed by atoms with Gasteiger partial charge in [-0.2, -0.15) is 5.26 Å². The van der Waals surface area contributed by atoms with Crippen molar-refractivity contribution in [2.24, 2.45) is 0 Å². The molecule has 0 spiro atoms. The number of aromatic nitrogens is 1. The van der Waals surface area contributed by atoms with Crippen molar-refractivity contribution in [2.75, 3.05) is 0 Å². The first-order valence-corrected chi connectivity index (χ1v) is 10.4. The molecular formula is C23H14ClN3O3S. The molecule has 152 valence electrons. The van der Waals surface area contributed by atoms with E-state index in [1.165, 1.54) is 17.4 Å². The summed E-state index contributed by atoms with van der Waals surface area (Å²) in [6.07, 6.45) is 1.58. The van der Waals surface area contributed by atoms with Crippen LogP contribution in [0, 0.1) is 28.4 Å². The van der Waals surface area contributed by atoms with Gasteiger partial charge in [-0.25, -0.2) is 4.98 Å². The molecule has 31 heavy (non-hydrogen) atoms. The van der Waals surface area contributed by atoms with Crippen molar-refractivity contribution in [1.29, 1.82) is 5.26 Å². The van der Waals surface area contributed by atoms with Crippen LogP contribution in [0.5, 0.6) is 0 Å². The van der Waals surface area contributed by atoms with Gasteiger partial charge in [0.2, 0.25) is 0 Å². The lowest BCUT2D eigenvalue weighted by Gasteiger charge is -2.01. The molecule has 8 heteroatoms. The van der Waals surface area contributed by atoms with Gasteiger partial charge < -0.3 is 4.42 Å². The molecule has 6 nitrogen and oxygen atoms in total. The predicted molar refractivity (Wildman–Crippen MR) is 122 cm³/mol. The number of nitriles is 1. The minimum Gasteiger partial charge on any atom is -0.456 e. The van der Waals surface area contributed by atoms with Crippen molar-refractivity contribution in [1.82, 2.24) is 4.98 Å². The van der Waals surface area contributed by atoms with Crippen LogP contribution in [0.2, 0.25) is 5.02 Å². The maximum Gasteiger partial charge on any atom is 0.280 e. The Bertz CT molecular complexity index is 1350. The maximum atomic E-state index is 11.4. The van der Waals surface area contributed by atoms with E-state index < -0.39 is 4.92 Å². The number of hydrogen-bond donors (Lipinski definition) is 0. The summed E-state index contributed by atoms with van der Waals surface area (Å²) in [6, 6.07) is 17.7. The molecule has 2 aromatic carbocycles. The molecule has 2 aromatic heterocycles. The standard InChI is InChI=1S/C23H14ClN3O3S/c1-14-2-8-19(21(10-14)27(28)29)22-9-7-18(30-22)11-16(12-25)23-26-20(13-31-23)15-3-5-17(24)6-4-15/h2-11,13H,1H3/b16-11+. The summed E-state index contributed by atoms with van der Waals surface area (Å²) in [7, 11) is 0. The molecule has 0 bridgehead atoms. The van der Waals surface area contributed by atoms with Gasteiger partial charge in [0.05, 0.1) is 21.8 Å². The zero-order chi connectivity index (χ0) is 22.0. The number of halogens is 1. The second-order valence-electron chi connectivity index (χ2n) is 6.69.